The molecule has 31 heavy (non-hydrogen) atoms. The van der Waals surface area contributed by atoms with E-state index < -0.39 is 0 Å². The molecule has 158 valence electrons. The highest BCUT2D eigenvalue weighted by molar-refractivity contribution is 7.99. The van der Waals surface area contributed by atoms with Gasteiger partial charge in [-0.2, -0.15) is 0 Å². The highest BCUT2D eigenvalue weighted by Crippen LogP contribution is 2.39. The van der Waals surface area contributed by atoms with Gasteiger partial charge in [-0.25, -0.2) is 0 Å². The molecule has 0 aliphatic rings. The molecule has 0 unspecified atom stereocenters. The molecule has 5 nitrogen and oxygen atoms in total. The van der Waals surface area contributed by atoms with Crippen LogP contribution in [0, 0.1) is 13.8 Å². The summed E-state index contributed by atoms with van der Waals surface area (Å²) in [6.45, 7) is 6.94. The van der Waals surface area contributed by atoms with Crippen LogP contribution in [-0.2, 0) is 11.3 Å². The van der Waals surface area contributed by atoms with Gasteiger partial charge in [0.1, 0.15) is 0 Å². The van der Waals surface area contributed by atoms with Gasteiger partial charge in [0.15, 0.2) is 11.0 Å². The molecule has 4 rings (SSSR count). The van der Waals surface area contributed by atoms with Gasteiger partial charge in [0, 0.05) is 33.6 Å². The molecule has 0 spiro atoms. The van der Waals surface area contributed by atoms with Crippen molar-refractivity contribution in [3.63, 3.8) is 0 Å². The first-order chi connectivity index (χ1) is 15.1. The van der Waals surface area contributed by atoms with Crippen LogP contribution in [0.25, 0.3) is 22.5 Å². The highest BCUT2D eigenvalue weighted by atomic mass is 32.2. The molecule has 2 heterocycles. The minimum atomic E-state index is -0.0563. The Morgan fingerprint density at radius 1 is 1.10 bits per heavy atom. The molecular weight excluding hydrogens is 424 g/mol. The fraction of sp³-hybridized carbons (Fsp3) is 0.208. The molecule has 0 bridgehead atoms. The number of hydrogen-bond acceptors (Lipinski definition) is 5. The lowest BCUT2D eigenvalue weighted by atomic mass is 10.0. The Balaban J connectivity index is 1.55. The van der Waals surface area contributed by atoms with Crippen LogP contribution < -0.4 is 5.32 Å². The molecule has 1 amide bonds. The molecule has 0 aliphatic carbocycles. The van der Waals surface area contributed by atoms with E-state index in [0.29, 0.717) is 0 Å². The zero-order chi connectivity index (χ0) is 21.8. The van der Waals surface area contributed by atoms with Gasteiger partial charge in [0.2, 0.25) is 5.91 Å². The van der Waals surface area contributed by atoms with Crippen LogP contribution in [0.3, 0.4) is 0 Å². The number of nitrogens with zero attached hydrogens (tertiary/aromatic N) is 3. The van der Waals surface area contributed by atoms with Crippen LogP contribution in [0.2, 0.25) is 0 Å². The third kappa shape index (κ3) is 4.73. The molecular formula is C24H24N4OS2. The maximum Gasteiger partial charge on any atom is 0.234 e. The van der Waals surface area contributed by atoms with Crippen LogP contribution >= 0.6 is 23.1 Å². The second-order valence-corrected chi connectivity index (χ2v) is 9.23. The number of aryl methyl sites for hydroxylation is 2. The molecule has 2 aromatic heterocycles. The van der Waals surface area contributed by atoms with Crippen molar-refractivity contribution < 1.29 is 4.79 Å². The number of amides is 1. The molecule has 2 aromatic carbocycles. The molecule has 0 saturated heterocycles. The monoisotopic (exact) mass is 448 g/mol. The fourth-order valence-corrected chi connectivity index (χ4v) is 5.18. The van der Waals surface area contributed by atoms with Gasteiger partial charge in [-0.1, -0.05) is 54.2 Å². The average Bonchev–Trinajstić information content (AvgIpc) is 3.35. The Morgan fingerprint density at radius 2 is 1.90 bits per heavy atom. The van der Waals surface area contributed by atoms with Gasteiger partial charge in [0.05, 0.1) is 5.75 Å². The van der Waals surface area contributed by atoms with E-state index in [9.17, 15) is 4.79 Å². The summed E-state index contributed by atoms with van der Waals surface area (Å²) in [5.74, 6) is 1.06. The van der Waals surface area contributed by atoms with Gasteiger partial charge in [-0.3, -0.25) is 4.79 Å². The number of hydrogen-bond donors (Lipinski definition) is 1. The van der Waals surface area contributed by atoms with Crippen molar-refractivity contribution in [2.24, 2.45) is 0 Å². The molecule has 0 radical (unpaired) electrons. The first-order valence-electron chi connectivity index (χ1n) is 10.1. The summed E-state index contributed by atoms with van der Waals surface area (Å²) >= 11 is 3.13. The van der Waals surface area contributed by atoms with Gasteiger partial charge in [0.25, 0.3) is 0 Å². The van der Waals surface area contributed by atoms with E-state index in [-0.39, 0.29) is 11.7 Å². The smallest absolute Gasteiger partial charge is 0.234 e. The first-order valence-corrected chi connectivity index (χ1v) is 12.0. The quantitative estimate of drug-likeness (QED) is 0.350. The van der Waals surface area contributed by atoms with Crippen LogP contribution in [0.5, 0.6) is 0 Å². The van der Waals surface area contributed by atoms with Crippen molar-refractivity contribution >= 4 is 34.7 Å². The lowest BCUT2D eigenvalue weighted by Crippen LogP contribution is -2.14. The number of carbonyl (C=O) groups excluding carboxylic acids is 1. The minimum Gasteiger partial charge on any atom is -0.325 e. The summed E-state index contributed by atoms with van der Waals surface area (Å²) in [7, 11) is 0. The van der Waals surface area contributed by atoms with Crippen molar-refractivity contribution in [1.82, 2.24) is 14.8 Å². The van der Waals surface area contributed by atoms with E-state index in [4.69, 9.17) is 0 Å². The Hall–Kier alpha value is -2.90. The maximum atomic E-state index is 12.4. The molecule has 0 aliphatic heterocycles. The van der Waals surface area contributed by atoms with Gasteiger partial charge in [-0.15, -0.1) is 21.5 Å². The van der Waals surface area contributed by atoms with Crippen LogP contribution in [0.1, 0.15) is 17.4 Å². The van der Waals surface area contributed by atoms with Crippen molar-refractivity contribution in [2.75, 3.05) is 11.1 Å². The number of carbonyl (C=O) groups is 1. The SMILES string of the molecule is CCn1c(SCC(=O)Nc2cccc(C)c2)nnc1-c1csc(C)c1-c1ccccc1. The summed E-state index contributed by atoms with van der Waals surface area (Å²) in [6.07, 6.45) is 0. The van der Waals surface area contributed by atoms with Crippen molar-refractivity contribution in [1.29, 1.82) is 0 Å². The van der Waals surface area contributed by atoms with Gasteiger partial charge >= 0.3 is 0 Å². The van der Waals surface area contributed by atoms with Gasteiger partial charge in [-0.05, 0) is 44.0 Å². The third-order valence-corrected chi connectivity index (χ3v) is 6.82. The van der Waals surface area contributed by atoms with E-state index in [1.54, 1.807) is 11.3 Å². The van der Waals surface area contributed by atoms with Crippen LogP contribution in [0.15, 0.2) is 65.1 Å². The van der Waals surface area contributed by atoms with E-state index >= 15 is 0 Å². The number of aromatic nitrogens is 3. The summed E-state index contributed by atoms with van der Waals surface area (Å²) in [5.41, 5.74) is 5.37. The van der Waals surface area contributed by atoms with Gasteiger partial charge < -0.3 is 9.88 Å². The summed E-state index contributed by atoms with van der Waals surface area (Å²) in [4.78, 5) is 13.7. The predicted molar refractivity (Wildman–Crippen MR) is 130 cm³/mol. The average molecular weight is 449 g/mol. The predicted octanol–water partition coefficient (Wildman–Crippen LogP) is 6.04. The summed E-state index contributed by atoms with van der Waals surface area (Å²) in [6, 6.07) is 18.2. The number of benzene rings is 2. The van der Waals surface area contributed by atoms with E-state index in [1.807, 2.05) is 37.3 Å². The Labute approximate surface area is 190 Å². The Kier molecular flexibility index (Phi) is 6.53. The van der Waals surface area contributed by atoms with Crippen molar-refractivity contribution in [3.8, 4) is 22.5 Å². The molecule has 1 N–H and O–H groups in total. The fourth-order valence-electron chi connectivity index (χ4n) is 3.51. The van der Waals surface area contributed by atoms with Crippen LogP contribution in [-0.4, -0.2) is 26.4 Å². The topological polar surface area (TPSA) is 59.8 Å². The lowest BCUT2D eigenvalue weighted by Gasteiger charge is -2.09. The minimum absolute atomic E-state index is 0.0563. The molecule has 0 fully saturated rings. The standard InChI is InChI=1S/C24H24N4OS2/c1-4-28-23(20-14-30-17(3)22(20)18-10-6-5-7-11-18)26-27-24(28)31-15-21(29)25-19-12-8-9-16(2)13-19/h5-14H,4,15H2,1-3H3,(H,25,29). The number of thioether (sulfide) groups is 1. The normalized spacial score (nSPS) is 10.9. The second kappa shape index (κ2) is 9.49. The molecule has 0 saturated carbocycles. The zero-order valence-corrected chi connectivity index (χ0v) is 19.4. The molecule has 7 heteroatoms. The van der Waals surface area contributed by atoms with E-state index in [0.717, 1.165) is 34.3 Å². The lowest BCUT2D eigenvalue weighted by molar-refractivity contribution is -0.113. The largest absolute Gasteiger partial charge is 0.325 e. The Bertz CT molecular complexity index is 1200. The number of nitrogens with one attached hydrogen (secondary N) is 1. The molecule has 4 aromatic rings. The Morgan fingerprint density at radius 3 is 2.65 bits per heavy atom. The maximum absolute atomic E-state index is 12.4. The first kappa shape index (κ1) is 21.3. The second-order valence-electron chi connectivity index (χ2n) is 7.20. The number of thiophene rings is 1. The van der Waals surface area contributed by atoms with Crippen LogP contribution in [0.4, 0.5) is 5.69 Å². The number of anilines is 1. The van der Waals surface area contributed by atoms with E-state index in [2.05, 4.69) is 63.6 Å². The molecule has 0 atom stereocenters. The third-order valence-electron chi connectivity index (χ3n) is 4.95. The summed E-state index contributed by atoms with van der Waals surface area (Å²) in [5, 5.41) is 14.7. The summed E-state index contributed by atoms with van der Waals surface area (Å²) < 4.78 is 2.08. The zero-order valence-electron chi connectivity index (χ0n) is 17.8. The number of rotatable bonds is 7. The van der Waals surface area contributed by atoms with Crippen molar-refractivity contribution in [2.45, 2.75) is 32.5 Å². The highest BCUT2D eigenvalue weighted by Gasteiger charge is 2.20. The van der Waals surface area contributed by atoms with E-state index in [1.165, 1.54) is 27.8 Å². The van der Waals surface area contributed by atoms with Crippen molar-refractivity contribution in [3.05, 3.63) is 70.4 Å².